The highest BCUT2D eigenvalue weighted by molar-refractivity contribution is 7.92. The van der Waals surface area contributed by atoms with Crippen molar-refractivity contribution in [1.29, 1.82) is 0 Å². The van der Waals surface area contributed by atoms with E-state index in [9.17, 15) is 13.2 Å². The topological polar surface area (TPSA) is 80.6 Å². The number of carbonyl (C=O) groups is 1. The van der Waals surface area contributed by atoms with Gasteiger partial charge in [0, 0.05) is 37.6 Å². The molecule has 0 aliphatic carbocycles. The Morgan fingerprint density at radius 2 is 2.00 bits per heavy atom. The Kier molecular flexibility index (Phi) is 5.51. The normalized spacial score (nSPS) is 16.3. The van der Waals surface area contributed by atoms with E-state index in [1.54, 1.807) is 18.2 Å². The number of aromatic nitrogens is 1. The standard InChI is InChI=1S/C18H23N3O4S/c1-25-17-7-6-15(19-18(22)8-12-20-9-2-3-10-20)14-16(17)21-11-4-5-13-26(21,23)24/h2-3,6-7,9-10,14H,4-5,8,11-13H2,1H3,(H,19,22). The van der Waals surface area contributed by atoms with Gasteiger partial charge in [0.2, 0.25) is 15.9 Å². The van der Waals surface area contributed by atoms with Crippen molar-refractivity contribution in [2.45, 2.75) is 25.8 Å². The fraction of sp³-hybridized carbons (Fsp3) is 0.389. The largest absolute Gasteiger partial charge is 0.495 e. The summed E-state index contributed by atoms with van der Waals surface area (Å²) in [4.78, 5) is 12.2. The van der Waals surface area contributed by atoms with E-state index >= 15 is 0 Å². The van der Waals surface area contributed by atoms with E-state index in [1.165, 1.54) is 11.4 Å². The smallest absolute Gasteiger partial charge is 0.235 e. The van der Waals surface area contributed by atoms with E-state index < -0.39 is 10.0 Å². The van der Waals surface area contributed by atoms with Gasteiger partial charge >= 0.3 is 0 Å². The van der Waals surface area contributed by atoms with Crippen LogP contribution in [0.25, 0.3) is 0 Å². The molecule has 26 heavy (non-hydrogen) atoms. The van der Waals surface area contributed by atoms with Gasteiger partial charge in [-0.05, 0) is 43.2 Å². The molecule has 0 saturated carbocycles. The summed E-state index contributed by atoms with van der Waals surface area (Å²) in [5.74, 6) is 0.473. The number of hydrogen-bond acceptors (Lipinski definition) is 4. The molecule has 0 radical (unpaired) electrons. The van der Waals surface area contributed by atoms with Crippen molar-refractivity contribution in [2.24, 2.45) is 0 Å². The Hall–Kier alpha value is -2.48. The van der Waals surface area contributed by atoms with Crippen molar-refractivity contribution in [1.82, 2.24) is 4.57 Å². The van der Waals surface area contributed by atoms with Gasteiger partial charge in [0.1, 0.15) is 5.75 Å². The first-order valence-electron chi connectivity index (χ1n) is 8.59. The Morgan fingerprint density at radius 3 is 2.69 bits per heavy atom. The number of benzene rings is 1. The summed E-state index contributed by atoms with van der Waals surface area (Å²) >= 11 is 0. The summed E-state index contributed by atoms with van der Waals surface area (Å²) in [5, 5.41) is 2.83. The molecule has 8 heteroatoms. The molecular weight excluding hydrogens is 354 g/mol. The van der Waals surface area contributed by atoms with E-state index in [-0.39, 0.29) is 11.7 Å². The summed E-state index contributed by atoms with van der Waals surface area (Å²) in [5.41, 5.74) is 1.02. The lowest BCUT2D eigenvalue weighted by Crippen LogP contribution is -2.38. The maximum atomic E-state index is 12.4. The average Bonchev–Trinajstić information content (AvgIpc) is 3.13. The van der Waals surface area contributed by atoms with Crippen molar-refractivity contribution < 1.29 is 17.9 Å². The van der Waals surface area contributed by atoms with Crippen molar-refractivity contribution in [3.63, 3.8) is 0 Å². The number of nitrogens with one attached hydrogen (secondary N) is 1. The second-order valence-corrected chi connectivity index (χ2v) is 8.21. The van der Waals surface area contributed by atoms with Gasteiger partial charge in [0.25, 0.3) is 0 Å². The quantitative estimate of drug-likeness (QED) is 0.838. The molecule has 140 valence electrons. The summed E-state index contributed by atoms with van der Waals surface area (Å²) in [6.07, 6.45) is 5.60. The second-order valence-electron chi connectivity index (χ2n) is 6.20. The van der Waals surface area contributed by atoms with Crippen LogP contribution < -0.4 is 14.4 Å². The van der Waals surface area contributed by atoms with Crippen LogP contribution in [0, 0.1) is 0 Å². The molecule has 1 N–H and O–H groups in total. The van der Waals surface area contributed by atoms with Crippen LogP contribution in [-0.4, -0.2) is 38.3 Å². The van der Waals surface area contributed by atoms with E-state index in [1.807, 2.05) is 29.1 Å². The minimum Gasteiger partial charge on any atom is -0.495 e. The number of nitrogens with zero attached hydrogens (tertiary/aromatic N) is 2. The molecule has 0 unspecified atom stereocenters. The van der Waals surface area contributed by atoms with Crippen LogP contribution in [0.5, 0.6) is 5.75 Å². The van der Waals surface area contributed by atoms with Crippen LogP contribution in [-0.2, 0) is 21.4 Å². The predicted molar refractivity (Wildman–Crippen MR) is 101 cm³/mol. The first-order valence-corrected chi connectivity index (χ1v) is 10.2. The molecule has 2 heterocycles. The minimum atomic E-state index is -3.36. The number of ether oxygens (including phenoxy) is 1. The van der Waals surface area contributed by atoms with E-state index in [0.717, 1.165) is 6.42 Å². The Labute approximate surface area is 153 Å². The summed E-state index contributed by atoms with van der Waals surface area (Å²) in [6.45, 7) is 1.01. The molecule has 0 bridgehead atoms. The fourth-order valence-electron chi connectivity index (χ4n) is 3.00. The number of hydrogen-bond donors (Lipinski definition) is 1. The highest BCUT2D eigenvalue weighted by Gasteiger charge is 2.28. The molecule has 1 aromatic heterocycles. The van der Waals surface area contributed by atoms with Gasteiger partial charge < -0.3 is 14.6 Å². The number of amides is 1. The van der Waals surface area contributed by atoms with Gasteiger partial charge in [0.15, 0.2) is 0 Å². The SMILES string of the molecule is COc1ccc(NC(=O)CCn2cccc2)cc1N1CCCCS1(=O)=O. The maximum absolute atomic E-state index is 12.4. The molecule has 0 spiro atoms. The zero-order valence-electron chi connectivity index (χ0n) is 14.7. The number of sulfonamides is 1. The molecule has 1 fully saturated rings. The van der Waals surface area contributed by atoms with Gasteiger partial charge in [-0.25, -0.2) is 8.42 Å². The number of rotatable bonds is 6. The molecule has 0 atom stereocenters. The maximum Gasteiger partial charge on any atom is 0.235 e. The van der Waals surface area contributed by atoms with Crippen LogP contribution >= 0.6 is 0 Å². The van der Waals surface area contributed by atoms with Crippen LogP contribution in [0.3, 0.4) is 0 Å². The Morgan fingerprint density at radius 1 is 1.23 bits per heavy atom. The third-order valence-electron chi connectivity index (χ3n) is 4.34. The predicted octanol–water partition coefficient (Wildman–Crippen LogP) is 2.46. The second kappa shape index (κ2) is 7.82. The molecule has 1 saturated heterocycles. The third-order valence-corrected chi connectivity index (χ3v) is 6.20. The van der Waals surface area contributed by atoms with Crippen molar-refractivity contribution >= 4 is 27.3 Å². The van der Waals surface area contributed by atoms with Crippen LogP contribution in [0.4, 0.5) is 11.4 Å². The monoisotopic (exact) mass is 377 g/mol. The summed E-state index contributed by atoms with van der Waals surface area (Å²) < 4.78 is 33.4. The minimum absolute atomic E-state index is 0.128. The highest BCUT2D eigenvalue weighted by Crippen LogP contribution is 2.35. The van der Waals surface area contributed by atoms with Crippen LogP contribution in [0.1, 0.15) is 19.3 Å². The number of methoxy groups -OCH3 is 1. The van der Waals surface area contributed by atoms with Crippen LogP contribution in [0.2, 0.25) is 0 Å². The van der Waals surface area contributed by atoms with Gasteiger partial charge in [0.05, 0.1) is 18.6 Å². The lowest BCUT2D eigenvalue weighted by Gasteiger charge is -2.29. The molecule has 3 rings (SSSR count). The zero-order chi connectivity index (χ0) is 18.6. The first kappa shape index (κ1) is 18.3. The van der Waals surface area contributed by atoms with Crippen molar-refractivity contribution in [3.05, 3.63) is 42.7 Å². The van der Waals surface area contributed by atoms with Gasteiger partial charge in [-0.15, -0.1) is 0 Å². The average molecular weight is 377 g/mol. The molecule has 1 aromatic carbocycles. The molecule has 7 nitrogen and oxygen atoms in total. The molecule has 1 amide bonds. The summed E-state index contributed by atoms with van der Waals surface area (Å²) in [6, 6.07) is 8.88. The molecule has 1 aliphatic heterocycles. The molecule has 2 aromatic rings. The van der Waals surface area contributed by atoms with E-state index in [2.05, 4.69) is 5.32 Å². The van der Waals surface area contributed by atoms with Crippen molar-refractivity contribution in [3.8, 4) is 5.75 Å². The van der Waals surface area contributed by atoms with Gasteiger partial charge in [-0.3, -0.25) is 9.10 Å². The van der Waals surface area contributed by atoms with Gasteiger partial charge in [-0.1, -0.05) is 0 Å². The molecular formula is C18H23N3O4S. The van der Waals surface area contributed by atoms with Crippen LogP contribution in [0.15, 0.2) is 42.7 Å². The fourth-order valence-corrected chi connectivity index (χ4v) is 4.63. The first-order chi connectivity index (χ1) is 12.5. The zero-order valence-corrected chi connectivity index (χ0v) is 15.5. The Balaban J connectivity index is 1.75. The number of aryl methyl sites for hydroxylation is 1. The third kappa shape index (κ3) is 4.19. The lowest BCUT2D eigenvalue weighted by molar-refractivity contribution is -0.116. The van der Waals surface area contributed by atoms with Gasteiger partial charge in [-0.2, -0.15) is 0 Å². The van der Waals surface area contributed by atoms with E-state index in [0.29, 0.717) is 43.1 Å². The highest BCUT2D eigenvalue weighted by atomic mass is 32.2. The van der Waals surface area contributed by atoms with E-state index in [4.69, 9.17) is 4.74 Å². The Bertz CT molecular complexity index is 863. The lowest BCUT2D eigenvalue weighted by atomic mass is 10.2. The number of anilines is 2. The van der Waals surface area contributed by atoms with Crippen molar-refractivity contribution in [2.75, 3.05) is 29.0 Å². The summed E-state index contributed by atoms with van der Waals surface area (Å²) in [7, 11) is -1.85. The number of carbonyl (C=O) groups excluding carboxylic acids is 1. The molecule has 1 aliphatic rings.